The molecule has 0 bridgehead atoms. The highest BCUT2D eigenvalue weighted by molar-refractivity contribution is 6.36. The van der Waals surface area contributed by atoms with Crippen LogP contribution in [-0.2, 0) is 9.59 Å². The maximum Gasteiger partial charge on any atom is 0.338 e. The lowest BCUT2D eigenvalue weighted by Crippen LogP contribution is -2.50. The molecule has 2 aliphatic rings. The predicted molar refractivity (Wildman–Crippen MR) is 91.8 cm³/mol. The van der Waals surface area contributed by atoms with Gasteiger partial charge < -0.3 is 16.0 Å². The minimum absolute atomic E-state index is 0.0130. The average molecular weight is 354 g/mol. The van der Waals surface area contributed by atoms with Gasteiger partial charge in [-0.25, -0.2) is 9.98 Å². The molecule has 3 N–H and O–H groups in total. The summed E-state index contributed by atoms with van der Waals surface area (Å²) in [5.74, 6) is 3.45. The third-order valence-corrected chi connectivity index (χ3v) is 4.26. The van der Waals surface area contributed by atoms with Crippen molar-refractivity contribution in [3.63, 3.8) is 0 Å². The zero-order valence-electron chi connectivity index (χ0n) is 14.3. The quantitative estimate of drug-likeness (QED) is 0.478. The van der Waals surface area contributed by atoms with E-state index in [0.29, 0.717) is 25.5 Å². The fourth-order valence-electron chi connectivity index (χ4n) is 3.03. The molecule has 0 aromatic carbocycles. The molecule has 1 atom stereocenters. The number of carbonyl (C=O) groups is 3. The Morgan fingerprint density at radius 2 is 2.08 bits per heavy atom. The molecule has 3 rings (SSSR count). The second kappa shape index (κ2) is 7.41. The van der Waals surface area contributed by atoms with Crippen LogP contribution in [0, 0.1) is 11.8 Å². The molecule has 0 radical (unpaired) electrons. The second-order valence-corrected chi connectivity index (χ2v) is 5.98. The van der Waals surface area contributed by atoms with Gasteiger partial charge in [-0.15, -0.1) is 5.92 Å². The predicted octanol–water partition coefficient (Wildman–Crippen LogP) is -1.93. The van der Waals surface area contributed by atoms with Gasteiger partial charge in [-0.2, -0.15) is 4.99 Å². The number of nitrogens with zero attached hydrogens (tertiary/aromatic N) is 4. The van der Waals surface area contributed by atoms with Gasteiger partial charge in [0.25, 0.3) is 5.91 Å². The summed E-state index contributed by atoms with van der Waals surface area (Å²) in [6.07, 6.45) is 3.18. The van der Waals surface area contributed by atoms with E-state index in [1.54, 1.807) is 6.92 Å². The molecule has 26 heavy (non-hydrogen) atoms. The summed E-state index contributed by atoms with van der Waals surface area (Å²) in [4.78, 5) is 48.7. The van der Waals surface area contributed by atoms with Crippen molar-refractivity contribution in [2.75, 3.05) is 24.5 Å². The molecule has 3 heterocycles. The number of primary amides is 1. The molecule has 1 aromatic rings. The zero-order valence-corrected chi connectivity index (χ0v) is 14.3. The first-order valence-electron chi connectivity index (χ1n) is 8.23. The highest BCUT2D eigenvalue weighted by atomic mass is 16.2. The number of nitrogens with one attached hydrogen (secondary N) is 1. The Hall–Kier alpha value is -3.12. The number of carbonyl (C=O) groups excluding carboxylic acids is 3. The Labute approximate surface area is 149 Å². The lowest BCUT2D eigenvalue weighted by Gasteiger charge is -2.34. The van der Waals surface area contributed by atoms with Crippen LogP contribution in [0.4, 0.5) is 5.82 Å². The van der Waals surface area contributed by atoms with Crippen molar-refractivity contribution in [3.8, 4) is 11.8 Å². The van der Waals surface area contributed by atoms with E-state index in [1.165, 1.54) is 6.20 Å². The molecule has 1 aromatic heterocycles. The first-order chi connectivity index (χ1) is 12.5. The van der Waals surface area contributed by atoms with E-state index in [4.69, 9.17) is 5.73 Å². The normalized spacial score (nSPS) is 19.0. The maximum absolute atomic E-state index is 11.7. The molecule has 3 amide bonds. The van der Waals surface area contributed by atoms with Gasteiger partial charge >= 0.3 is 11.8 Å². The monoisotopic (exact) mass is 354 g/mol. The van der Waals surface area contributed by atoms with E-state index in [2.05, 4.69) is 32.1 Å². The number of amides is 3. The smallest absolute Gasteiger partial charge is 0.338 e. The third kappa shape index (κ3) is 3.45. The number of rotatable bonds is 4. The molecule has 0 saturated carbocycles. The minimum atomic E-state index is -1.02. The van der Waals surface area contributed by atoms with Crippen LogP contribution in [-0.4, -0.2) is 48.4 Å². The number of hydrogen-bond acceptors (Lipinski definition) is 6. The van der Waals surface area contributed by atoms with Crippen LogP contribution in [0.1, 0.15) is 30.1 Å². The van der Waals surface area contributed by atoms with Gasteiger partial charge in [-0.3, -0.25) is 14.4 Å². The molecule has 2 aliphatic heterocycles. The van der Waals surface area contributed by atoms with Crippen molar-refractivity contribution < 1.29 is 14.4 Å². The summed E-state index contributed by atoms with van der Waals surface area (Å²) >= 11 is 0. The number of piperidine rings is 1. The summed E-state index contributed by atoms with van der Waals surface area (Å²) in [7, 11) is 0. The highest BCUT2D eigenvalue weighted by Gasteiger charge is 2.26. The standard InChI is InChI=1S/C17H18N6O3/c1-2-3-6-19-10-5-4-7-23(9-10)15-13-12(11(8-20-15)14(18)24)21-16(25)17(26)22-13/h8,10,19H,4-7,9H2,1H3,(H2,18,24)/t10-/m0/s1. The Morgan fingerprint density at radius 1 is 1.35 bits per heavy atom. The van der Waals surface area contributed by atoms with Gasteiger partial charge in [0.15, 0.2) is 5.82 Å². The number of anilines is 1. The lowest BCUT2D eigenvalue weighted by molar-refractivity contribution is -0.135. The summed E-state index contributed by atoms with van der Waals surface area (Å²) < 4.78 is 0. The van der Waals surface area contributed by atoms with E-state index in [9.17, 15) is 14.4 Å². The Bertz CT molecular complexity index is 959. The molecule has 9 nitrogen and oxygen atoms in total. The summed E-state index contributed by atoms with van der Waals surface area (Å²) in [6, 6.07) is 0.204. The van der Waals surface area contributed by atoms with Gasteiger partial charge in [0, 0.05) is 25.3 Å². The fourth-order valence-corrected chi connectivity index (χ4v) is 3.03. The molecule has 1 fully saturated rings. The number of aromatic nitrogens is 1. The molecule has 0 spiro atoms. The average Bonchev–Trinajstić information content (AvgIpc) is 2.62. The van der Waals surface area contributed by atoms with E-state index < -0.39 is 17.7 Å². The van der Waals surface area contributed by atoms with E-state index in [1.807, 2.05) is 4.90 Å². The van der Waals surface area contributed by atoms with Crippen LogP contribution in [0.15, 0.2) is 16.2 Å². The minimum Gasteiger partial charge on any atom is -0.365 e. The van der Waals surface area contributed by atoms with Gasteiger partial charge in [0.2, 0.25) is 0 Å². The Kier molecular flexibility index (Phi) is 5.04. The highest BCUT2D eigenvalue weighted by Crippen LogP contribution is 2.15. The SMILES string of the molecule is CC#CCN[C@H]1CCCN(c2ncc(C(N)=O)c3c2=NC(=O)C(=O)N=3)C1. The van der Waals surface area contributed by atoms with Gasteiger partial charge in [0.1, 0.15) is 10.7 Å². The van der Waals surface area contributed by atoms with Crippen molar-refractivity contribution in [2.45, 2.75) is 25.8 Å². The fraction of sp³-hybridized carbons (Fsp3) is 0.412. The van der Waals surface area contributed by atoms with Crippen molar-refractivity contribution >= 4 is 23.5 Å². The molecule has 0 aliphatic carbocycles. The molecular weight excluding hydrogens is 336 g/mol. The molecule has 134 valence electrons. The van der Waals surface area contributed by atoms with Gasteiger partial charge in [0.05, 0.1) is 12.1 Å². The van der Waals surface area contributed by atoms with Crippen LogP contribution in [0.2, 0.25) is 0 Å². The van der Waals surface area contributed by atoms with Crippen LogP contribution in [0.5, 0.6) is 0 Å². The lowest BCUT2D eigenvalue weighted by atomic mass is 10.1. The van der Waals surface area contributed by atoms with E-state index in [0.717, 1.165) is 12.8 Å². The van der Waals surface area contributed by atoms with Gasteiger partial charge in [-0.1, -0.05) is 5.92 Å². The summed E-state index contributed by atoms with van der Waals surface area (Å²) in [5.41, 5.74) is 5.29. The van der Waals surface area contributed by atoms with Crippen LogP contribution in [0.25, 0.3) is 0 Å². The molecule has 1 saturated heterocycles. The first kappa shape index (κ1) is 17.7. The van der Waals surface area contributed by atoms with Crippen molar-refractivity contribution in [1.29, 1.82) is 0 Å². The molecular formula is C17H18N6O3. The maximum atomic E-state index is 11.7. The molecule has 0 unspecified atom stereocenters. The number of hydrogen-bond donors (Lipinski definition) is 2. The topological polar surface area (TPSA) is 130 Å². The van der Waals surface area contributed by atoms with Crippen molar-refractivity contribution in [2.24, 2.45) is 15.7 Å². The Morgan fingerprint density at radius 3 is 2.77 bits per heavy atom. The van der Waals surface area contributed by atoms with Crippen molar-refractivity contribution in [3.05, 3.63) is 22.5 Å². The largest absolute Gasteiger partial charge is 0.365 e. The second-order valence-electron chi connectivity index (χ2n) is 5.98. The summed E-state index contributed by atoms with van der Waals surface area (Å²) in [5, 5.41) is 3.49. The van der Waals surface area contributed by atoms with Crippen LogP contribution >= 0.6 is 0 Å². The van der Waals surface area contributed by atoms with Crippen LogP contribution in [0.3, 0.4) is 0 Å². The first-order valence-corrected chi connectivity index (χ1v) is 8.23. The van der Waals surface area contributed by atoms with Crippen LogP contribution < -0.4 is 26.7 Å². The van der Waals surface area contributed by atoms with E-state index in [-0.39, 0.29) is 22.3 Å². The molecule has 9 heteroatoms. The Balaban J connectivity index is 2.00. The van der Waals surface area contributed by atoms with E-state index >= 15 is 0 Å². The van der Waals surface area contributed by atoms with Gasteiger partial charge in [-0.05, 0) is 19.8 Å². The van der Waals surface area contributed by atoms with Crippen molar-refractivity contribution in [1.82, 2.24) is 10.3 Å². The summed E-state index contributed by atoms with van der Waals surface area (Å²) in [6.45, 7) is 3.73. The third-order valence-electron chi connectivity index (χ3n) is 4.26. The number of pyridine rings is 1. The zero-order chi connectivity index (χ0) is 18.7. The number of fused-ring (bicyclic) bond motifs is 1. The number of nitrogens with two attached hydrogens (primary N) is 1.